The average Bonchev–Trinajstić information content (AvgIpc) is 3.35. The van der Waals surface area contributed by atoms with Gasteiger partial charge in [0.1, 0.15) is 0 Å². The number of nitrogens with zero attached hydrogens (tertiary/aromatic N) is 6. The zero-order valence-corrected chi connectivity index (χ0v) is 20.5. The summed E-state index contributed by atoms with van der Waals surface area (Å²) in [5, 5.41) is 4.83. The molecule has 1 aliphatic heterocycles. The number of rotatable bonds is 6. The summed E-state index contributed by atoms with van der Waals surface area (Å²) in [4.78, 5) is 26.1. The zero-order chi connectivity index (χ0) is 23.5. The lowest BCUT2D eigenvalue weighted by molar-refractivity contribution is -0.136. The Morgan fingerprint density at radius 1 is 0.971 bits per heavy atom. The lowest BCUT2D eigenvalue weighted by Crippen LogP contribution is -2.50. The molecule has 2 fully saturated rings. The smallest absolute Gasteiger partial charge is 0.254 e. The summed E-state index contributed by atoms with van der Waals surface area (Å²) in [5.41, 5.74) is 3.58. The van der Waals surface area contributed by atoms with Gasteiger partial charge in [-0.3, -0.25) is 4.79 Å². The first-order valence-electron chi connectivity index (χ1n) is 13.0. The van der Waals surface area contributed by atoms with E-state index in [1.165, 1.54) is 37.7 Å². The van der Waals surface area contributed by atoms with Crippen molar-refractivity contribution < 1.29 is 4.79 Å². The van der Waals surface area contributed by atoms with Gasteiger partial charge < -0.3 is 9.80 Å². The molecule has 180 valence electrons. The minimum absolute atomic E-state index is 0.135. The van der Waals surface area contributed by atoms with Crippen molar-refractivity contribution in [3.05, 3.63) is 42.1 Å². The van der Waals surface area contributed by atoms with Crippen LogP contribution in [-0.2, 0) is 4.79 Å². The van der Waals surface area contributed by atoms with E-state index in [4.69, 9.17) is 10.1 Å². The highest BCUT2D eigenvalue weighted by molar-refractivity contribution is 5.79. The number of piperazine rings is 1. The Kier molecular flexibility index (Phi) is 6.79. The van der Waals surface area contributed by atoms with Crippen molar-refractivity contribution in [1.82, 2.24) is 24.5 Å². The third-order valence-corrected chi connectivity index (χ3v) is 7.72. The number of carbonyl (C=O) groups excluding carboxylic acids is 1. The molecule has 0 bridgehead atoms. The first-order chi connectivity index (χ1) is 16.7. The van der Waals surface area contributed by atoms with Gasteiger partial charge in [0, 0.05) is 43.9 Å². The van der Waals surface area contributed by atoms with Crippen molar-refractivity contribution in [2.45, 2.75) is 64.7 Å². The number of hydrogen-bond donors (Lipinski definition) is 0. The van der Waals surface area contributed by atoms with Gasteiger partial charge in [-0.05, 0) is 43.2 Å². The van der Waals surface area contributed by atoms with Crippen LogP contribution in [0.3, 0.4) is 0 Å². The third kappa shape index (κ3) is 4.52. The van der Waals surface area contributed by atoms with E-state index in [1.807, 2.05) is 21.7 Å². The minimum atomic E-state index is 0.135. The summed E-state index contributed by atoms with van der Waals surface area (Å²) in [7, 11) is 0. The fourth-order valence-corrected chi connectivity index (χ4v) is 5.52. The van der Waals surface area contributed by atoms with E-state index in [1.54, 1.807) is 0 Å². The maximum absolute atomic E-state index is 12.7. The van der Waals surface area contributed by atoms with Crippen LogP contribution in [0.1, 0.15) is 70.3 Å². The first kappa shape index (κ1) is 22.8. The summed E-state index contributed by atoms with van der Waals surface area (Å²) < 4.78 is 1.85. The molecule has 1 saturated heterocycles. The zero-order valence-electron chi connectivity index (χ0n) is 20.5. The highest BCUT2D eigenvalue weighted by atomic mass is 16.2. The highest BCUT2D eigenvalue weighted by Crippen LogP contribution is 2.33. The Morgan fingerprint density at radius 2 is 1.68 bits per heavy atom. The summed E-state index contributed by atoms with van der Waals surface area (Å²) in [6, 6.07) is 11.0. The largest absolute Gasteiger partial charge is 0.339 e. The second kappa shape index (κ2) is 10.1. The molecule has 1 amide bonds. The molecule has 0 N–H and O–H groups in total. The molecule has 3 heterocycles. The maximum Gasteiger partial charge on any atom is 0.254 e. The molecule has 0 spiro atoms. The van der Waals surface area contributed by atoms with Crippen molar-refractivity contribution in [1.29, 1.82) is 0 Å². The molecule has 7 heteroatoms. The van der Waals surface area contributed by atoms with Crippen LogP contribution in [0.15, 0.2) is 36.5 Å². The van der Waals surface area contributed by atoms with Gasteiger partial charge in [0.15, 0.2) is 0 Å². The van der Waals surface area contributed by atoms with Gasteiger partial charge in [0.05, 0.1) is 5.69 Å². The lowest BCUT2D eigenvalue weighted by atomic mass is 9.84. The molecule has 0 unspecified atom stereocenters. The summed E-state index contributed by atoms with van der Waals surface area (Å²) in [5.74, 6) is 2.42. The van der Waals surface area contributed by atoms with Crippen LogP contribution in [0, 0.1) is 5.92 Å². The molecule has 34 heavy (non-hydrogen) atoms. The van der Waals surface area contributed by atoms with E-state index in [0.29, 0.717) is 30.7 Å². The van der Waals surface area contributed by atoms with E-state index in [0.717, 1.165) is 37.2 Å². The van der Waals surface area contributed by atoms with Crippen molar-refractivity contribution in [3.63, 3.8) is 0 Å². The molecule has 1 saturated carbocycles. The Balaban J connectivity index is 1.32. The second-order valence-corrected chi connectivity index (χ2v) is 9.74. The van der Waals surface area contributed by atoms with Crippen molar-refractivity contribution in [2.24, 2.45) is 5.92 Å². The summed E-state index contributed by atoms with van der Waals surface area (Å²) in [6.45, 7) is 7.11. The van der Waals surface area contributed by atoms with E-state index in [-0.39, 0.29) is 11.8 Å². The van der Waals surface area contributed by atoms with Gasteiger partial charge in [-0.25, -0.2) is 4.98 Å². The van der Waals surface area contributed by atoms with Gasteiger partial charge in [-0.2, -0.15) is 9.50 Å². The van der Waals surface area contributed by atoms with Crippen LogP contribution in [0.5, 0.6) is 0 Å². The summed E-state index contributed by atoms with van der Waals surface area (Å²) in [6.07, 6.45) is 10.3. The van der Waals surface area contributed by atoms with E-state index < -0.39 is 0 Å². The van der Waals surface area contributed by atoms with Crippen LogP contribution in [0.25, 0.3) is 17.0 Å². The molecule has 2 aromatic heterocycles. The number of fused-ring (bicyclic) bond motifs is 1. The number of anilines is 1. The monoisotopic (exact) mass is 460 g/mol. The molecule has 1 aromatic carbocycles. The number of amides is 1. The first-order valence-corrected chi connectivity index (χ1v) is 13.0. The molecular formula is C27H36N6O. The van der Waals surface area contributed by atoms with E-state index >= 15 is 0 Å². The fourth-order valence-electron chi connectivity index (χ4n) is 5.52. The molecule has 1 aliphatic carbocycles. The highest BCUT2D eigenvalue weighted by Gasteiger charge is 2.27. The Labute approximate surface area is 202 Å². The molecule has 3 aromatic rings. The number of benzene rings is 1. The van der Waals surface area contributed by atoms with Crippen molar-refractivity contribution >= 4 is 17.6 Å². The minimum Gasteiger partial charge on any atom is -0.339 e. The van der Waals surface area contributed by atoms with E-state index in [9.17, 15) is 4.79 Å². The van der Waals surface area contributed by atoms with Gasteiger partial charge >= 0.3 is 0 Å². The van der Waals surface area contributed by atoms with Gasteiger partial charge in [0.25, 0.3) is 5.78 Å². The molecule has 0 radical (unpaired) electrons. The molecule has 5 rings (SSSR count). The second-order valence-electron chi connectivity index (χ2n) is 9.74. The maximum atomic E-state index is 12.7. The van der Waals surface area contributed by atoms with Gasteiger partial charge in [-0.1, -0.05) is 57.4 Å². The number of carbonyl (C=O) groups is 1. The SMILES string of the molecule is CCC(CC)C(=O)N1CCN(c2nc3nccc(-c4ccc(C5CCCCC5)cc4)n3n2)CC1. The third-order valence-electron chi connectivity index (χ3n) is 7.72. The Morgan fingerprint density at radius 3 is 2.35 bits per heavy atom. The lowest BCUT2D eigenvalue weighted by Gasteiger charge is -2.35. The molecule has 2 aliphatic rings. The number of aromatic nitrogens is 4. The Bertz CT molecular complexity index is 1110. The van der Waals surface area contributed by atoms with Crippen LogP contribution in [0.2, 0.25) is 0 Å². The van der Waals surface area contributed by atoms with Crippen molar-refractivity contribution in [2.75, 3.05) is 31.1 Å². The van der Waals surface area contributed by atoms with Crippen LogP contribution in [0.4, 0.5) is 5.95 Å². The fraction of sp³-hybridized carbons (Fsp3) is 0.556. The normalized spacial score (nSPS) is 17.6. The predicted octanol–water partition coefficient (Wildman–Crippen LogP) is 4.92. The van der Waals surface area contributed by atoms with Gasteiger partial charge in [-0.15, -0.1) is 5.10 Å². The Hall–Kier alpha value is -2.96. The molecule has 7 nitrogen and oxygen atoms in total. The van der Waals surface area contributed by atoms with Crippen molar-refractivity contribution in [3.8, 4) is 11.3 Å². The molecule has 0 atom stereocenters. The quantitative estimate of drug-likeness (QED) is 0.522. The summed E-state index contributed by atoms with van der Waals surface area (Å²) >= 11 is 0. The standard InChI is InChI=1S/C27H36N6O/c1-3-20(4-2)25(34)31-16-18-32(19-17-31)27-29-26-28-15-14-24(33(26)30-27)23-12-10-22(11-13-23)21-8-6-5-7-9-21/h10-15,20-21H,3-9,16-19H2,1-2H3. The van der Waals surface area contributed by atoms with E-state index in [2.05, 4.69) is 48.0 Å². The van der Waals surface area contributed by atoms with Crippen LogP contribution >= 0.6 is 0 Å². The van der Waals surface area contributed by atoms with Crippen LogP contribution < -0.4 is 4.90 Å². The van der Waals surface area contributed by atoms with Gasteiger partial charge in [0.2, 0.25) is 11.9 Å². The number of hydrogen-bond acceptors (Lipinski definition) is 5. The average molecular weight is 461 g/mol. The molecular weight excluding hydrogens is 424 g/mol. The topological polar surface area (TPSA) is 66.6 Å². The predicted molar refractivity (Wildman–Crippen MR) is 135 cm³/mol. The van der Waals surface area contributed by atoms with Crippen LogP contribution in [-0.4, -0.2) is 56.6 Å².